The SMILES string of the molecule is Cc1c(C(=O)NCc2ccccc2)oc2c1C(=O)CC(C)(C)C2. The molecule has 0 saturated carbocycles. The van der Waals surface area contributed by atoms with E-state index in [1.807, 2.05) is 44.2 Å². The fourth-order valence-electron chi connectivity index (χ4n) is 3.16. The van der Waals surface area contributed by atoms with Crippen molar-refractivity contribution < 1.29 is 14.0 Å². The Morgan fingerprint density at radius 2 is 1.91 bits per heavy atom. The third kappa shape index (κ3) is 3.07. The second-order valence-electron chi connectivity index (χ2n) is 6.96. The first-order chi connectivity index (χ1) is 10.9. The lowest BCUT2D eigenvalue weighted by molar-refractivity contribution is 0.0888. The van der Waals surface area contributed by atoms with Gasteiger partial charge in [-0.3, -0.25) is 9.59 Å². The predicted octanol–water partition coefficient (Wildman–Crippen LogP) is 3.67. The number of benzene rings is 1. The molecule has 1 aromatic carbocycles. The average molecular weight is 311 g/mol. The molecule has 120 valence electrons. The first-order valence-corrected chi connectivity index (χ1v) is 7.85. The van der Waals surface area contributed by atoms with E-state index in [-0.39, 0.29) is 22.9 Å². The molecule has 1 heterocycles. The zero-order valence-electron chi connectivity index (χ0n) is 13.7. The molecule has 0 saturated heterocycles. The summed E-state index contributed by atoms with van der Waals surface area (Å²) in [5, 5.41) is 2.86. The highest BCUT2D eigenvalue weighted by Crippen LogP contribution is 2.38. The third-order valence-electron chi connectivity index (χ3n) is 4.28. The van der Waals surface area contributed by atoms with Crippen molar-refractivity contribution in [2.24, 2.45) is 5.41 Å². The summed E-state index contributed by atoms with van der Waals surface area (Å²) in [5.74, 6) is 0.705. The molecule has 2 aromatic rings. The van der Waals surface area contributed by atoms with Crippen LogP contribution in [0, 0.1) is 12.3 Å². The summed E-state index contributed by atoms with van der Waals surface area (Å²) in [6, 6.07) is 9.69. The molecule has 1 N–H and O–H groups in total. The highest BCUT2D eigenvalue weighted by molar-refractivity contribution is 6.03. The maximum Gasteiger partial charge on any atom is 0.287 e. The van der Waals surface area contributed by atoms with Gasteiger partial charge in [0.25, 0.3) is 5.91 Å². The van der Waals surface area contributed by atoms with Crippen molar-refractivity contribution in [2.75, 3.05) is 0 Å². The Balaban J connectivity index is 1.81. The van der Waals surface area contributed by atoms with Gasteiger partial charge in [0.15, 0.2) is 11.5 Å². The Hall–Kier alpha value is -2.36. The molecule has 0 bridgehead atoms. The third-order valence-corrected chi connectivity index (χ3v) is 4.28. The molecule has 0 spiro atoms. The van der Waals surface area contributed by atoms with Crippen LogP contribution in [0.1, 0.15) is 58.1 Å². The normalized spacial score (nSPS) is 16.0. The van der Waals surface area contributed by atoms with Gasteiger partial charge in [-0.05, 0) is 17.9 Å². The van der Waals surface area contributed by atoms with Crippen molar-refractivity contribution in [3.63, 3.8) is 0 Å². The van der Waals surface area contributed by atoms with Crippen LogP contribution < -0.4 is 5.32 Å². The molecule has 0 aliphatic heterocycles. The highest BCUT2D eigenvalue weighted by atomic mass is 16.4. The van der Waals surface area contributed by atoms with Gasteiger partial charge in [-0.2, -0.15) is 0 Å². The maximum absolute atomic E-state index is 12.4. The van der Waals surface area contributed by atoms with Gasteiger partial charge in [0.1, 0.15) is 5.76 Å². The number of amides is 1. The quantitative estimate of drug-likeness (QED) is 0.940. The largest absolute Gasteiger partial charge is 0.455 e. The summed E-state index contributed by atoms with van der Waals surface area (Å²) in [4.78, 5) is 24.8. The minimum Gasteiger partial charge on any atom is -0.455 e. The summed E-state index contributed by atoms with van der Waals surface area (Å²) in [7, 11) is 0. The smallest absolute Gasteiger partial charge is 0.287 e. The molecule has 23 heavy (non-hydrogen) atoms. The lowest BCUT2D eigenvalue weighted by atomic mass is 9.76. The van der Waals surface area contributed by atoms with E-state index in [0.717, 1.165) is 5.56 Å². The van der Waals surface area contributed by atoms with Crippen molar-refractivity contribution in [3.05, 3.63) is 58.5 Å². The fraction of sp³-hybridized carbons (Fsp3) is 0.368. The predicted molar refractivity (Wildman–Crippen MR) is 87.5 cm³/mol. The van der Waals surface area contributed by atoms with Crippen LogP contribution in [0.25, 0.3) is 0 Å². The number of fused-ring (bicyclic) bond motifs is 1. The van der Waals surface area contributed by atoms with Gasteiger partial charge >= 0.3 is 0 Å². The number of nitrogens with one attached hydrogen (secondary N) is 1. The summed E-state index contributed by atoms with van der Waals surface area (Å²) in [6.07, 6.45) is 1.17. The van der Waals surface area contributed by atoms with Crippen LogP contribution >= 0.6 is 0 Å². The van der Waals surface area contributed by atoms with Gasteiger partial charge in [-0.1, -0.05) is 44.2 Å². The number of hydrogen-bond acceptors (Lipinski definition) is 3. The summed E-state index contributed by atoms with van der Waals surface area (Å²) in [5.41, 5.74) is 2.17. The summed E-state index contributed by atoms with van der Waals surface area (Å²) >= 11 is 0. The van der Waals surface area contributed by atoms with Gasteiger partial charge < -0.3 is 9.73 Å². The van der Waals surface area contributed by atoms with Gasteiger partial charge in [0.2, 0.25) is 0 Å². The van der Waals surface area contributed by atoms with E-state index in [2.05, 4.69) is 5.32 Å². The molecular weight excluding hydrogens is 290 g/mol. The molecule has 1 aromatic heterocycles. The van der Waals surface area contributed by atoms with E-state index in [1.54, 1.807) is 6.92 Å². The monoisotopic (exact) mass is 311 g/mol. The van der Waals surface area contributed by atoms with Crippen LogP contribution in [0.4, 0.5) is 0 Å². The van der Waals surface area contributed by atoms with Crippen molar-refractivity contribution in [1.29, 1.82) is 0 Å². The van der Waals surface area contributed by atoms with E-state index < -0.39 is 0 Å². The number of ketones is 1. The molecule has 0 radical (unpaired) electrons. The Bertz CT molecular complexity index is 756. The van der Waals surface area contributed by atoms with Gasteiger partial charge in [0.05, 0.1) is 5.56 Å². The van der Waals surface area contributed by atoms with Crippen LogP contribution in [0.3, 0.4) is 0 Å². The van der Waals surface area contributed by atoms with Gasteiger partial charge in [-0.15, -0.1) is 0 Å². The van der Waals surface area contributed by atoms with Crippen LogP contribution in [0.5, 0.6) is 0 Å². The molecule has 0 atom stereocenters. The number of Topliss-reactive ketones (excluding diaryl/α,β-unsaturated/α-hetero) is 1. The summed E-state index contributed by atoms with van der Waals surface area (Å²) < 4.78 is 5.76. The van der Waals surface area contributed by atoms with Crippen molar-refractivity contribution >= 4 is 11.7 Å². The second kappa shape index (κ2) is 5.69. The Morgan fingerprint density at radius 1 is 1.22 bits per heavy atom. The molecular formula is C19H21NO3. The van der Waals surface area contributed by atoms with E-state index in [9.17, 15) is 9.59 Å². The second-order valence-corrected chi connectivity index (χ2v) is 6.96. The molecule has 0 fully saturated rings. The molecule has 0 unspecified atom stereocenters. The number of carbonyl (C=O) groups excluding carboxylic acids is 2. The van der Waals surface area contributed by atoms with Crippen molar-refractivity contribution in [2.45, 2.75) is 40.2 Å². The molecule has 4 heteroatoms. The van der Waals surface area contributed by atoms with Crippen molar-refractivity contribution in [1.82, 2.24) is 5.32 Å². The van der Waals surface area contributed by atoms with Crippen molar-refractivity contribution in [3.8, 4) is 0 Å². The molecule has 1 amide bonds. The number of hydrogen-bond donors (Lipinski definition) is 1. The van der Waals surface area contributed by atoms with E-state index >= 15 is 0 Å². The molecule has 4 nitrogen and oxygen atoms in total. The maximum atomic E-state index is 12.4. The van der Waals surface area contributed by atoms with Crippen LogP contribution in [0.2, 0.25) is 0 Å². The zero-order valence-corrected chi connectivity index (χ0v) is 13.7. The standard InChI is InChI=1S/C19H21NO3/c1-12-16-14(21)9-19(2,3)10-15(16)23-17(12)18(22)20-11-13-7-5-4-6-8-13/h4-8H,9-11H2,1-3H3,(H,20,22). The topological polar surface area (TPSA) is 59.3 Å². The van der Waals surface area contributed by atoms with Gasteiger partial charge in [-0.25, -0.2) is 0 Å². The molecule has 1 aliphatic carbocycles. The Kier molecular flexibility index (Phi) is 3.84. The zero-order chi connectivity index (χ0) is 16.6. The molecule has 1 aliphatic rings. The van der Waals surface area contributed by atoms with E-state index in [1.165, 1.54) is 0 Å². The van der Waals surface area contributed by atoms with Crippen LogP contribution in [-0.2, 0) is 13.0 Å². The minimum absolute atomic E-state index is 0.0691. The van der Waals surface area contributed by atoms with Crippen LogP contribution in [0.15, 0.2) is 34.7 Å². The first kappa shape index (κ1) is 15.5. The highest BCUT2D eigenvalue weighted by Gasteiger charge is 2.36. The lowest BCUT2D eigenvalue weighted by Gasteiger charge is -2.27. The van der Waals surface area contributed by atoms with Gasteiger partial charge in [0, 0.05) is 24.9 Å². The molecule has 3 rings (SSSR count). The Morgan fingerprint density at radius 3 is 2.61 bits per heavy atom. The van der Waals surface area contributed by atoms with E-state index in [4.69, 9.17) is 4.42 Å². The lowest BCUT2D eigenvalue weighted by Crippen LogP contribution is -2.26. The van der Waals surface area contributed by atoms with Crippen LogP contribution in [-0.4, -0.2) is 11.7 Å². The average Bonchev–Trinajstić information content (AvgIpc) is 2.81. The fourth-order valence-corrected chi connectivity index (χ4v) is 3.16. The summed E-state index contributed by atoms with van der Waals surface area (Å²) in [6.45, 7) is 6.31. The number of furan rings is 1. The minimum atomic E-state index is -0.272. The first-order valence-electron chi connectivity index (χ1n) is 7.85. The number of carbonyl (C=O) groups is 2. The Labute approximate surface area is 135 Å². The van der Waals surface area contributed by atoms with E-state index in [0.29, 0.717) is 36.3 Å². The number of rotatable bonds is 3.